The van der Waals surface area contributed by atoms with Gasteiger partial charge >= 0.3 is 0 Å². The van der Waals surface area contributed by atoms with E-state index < -0.39 is 30.6 Å². The highest BCUT2D eigenvalue weighted by Gasteiger charge is 2.45. The summed E-state index contributed by atoms with van der Waals surface area (Å²) in [6, 6.07) is -0.518. The van der Waals surface area contributed by atoms with Crippen molar-refractivity contribution in [3.8, 4) is 0 Å². The van der Waals surface area contributed by atoms with Gasteiger partial charge in [-0.15, -0.1) is 0 Å². The number of hydrogen-bond donors (Lipinski definition) is 2. The maximum absolute atomic E-state index is 14.3. The third kappa shape index (κ3) is 4.17. The van der Waals surface area contributed by atoms with E-state index in [0.29, 0.717) is 19.3 Å². The molecule has 1 aromatic rings. The summed E-state index contributed by atoms with van der Waals surface area (Å²) in [5.74, 6) is -3.64. The largest absolute Gasteiger partial charge is 0.386 e. The van der Waals surface area contributed by atoms with Crippen LogP contribution in [0, 0.1) is 0 Å². The first kappa shape index (κ1) is 18.7. The Balaban J connectivity index is 1.94. The van der Waals surface area contributed by atoms with Crippen LogP contribution >= 0.6 is 0 Å². The van der Waals surface area contributed by atoms with Crippen molar-refractivity contribution >= 4 is 23.2 Å². The zero-order chi connectivity index (χ0) is 18.9. The second-order valence-corrected chi connectivity index (χ2v) is 6.60. The monoisotopic (exact) mass is 373 g/mol. The molecule has 1 saturated carbocycles. The van der Waals surface area contributed by atoms with Crippen LogP contribution in [0.1, 0.15) is 44.9 Å². The zero-order valence-corrected chi connectivity index (χ0v) is 14.1. The summed E-state index contributed by atoms with van der Waals surface area (Å²) >= 11 is 0. The van der Waals surface area contributed by atoms with Gasteiger partial charge in [0.15, 0.2) is 5.82 Å². The molecule has 0 saturated heterocycles. The van der Waals surface area contributed by atoms with Gasteiger partial charge in [0.2, 0.25) is 5.95 Å². The number of rotatable bonds is 5. The molecule has 2 N–H and O–H groups in total. The van der Waals surface area contributed by atoms with Gasteiger partial charge in [-0.25, -0.2) is 22.6 Å². The molecule has 1 aromatic heterocycles. The lowest BCUT2D eigenvalue weighted by Gasteiger charge is -2.35. The molecule has 0 aliphatic heterocycles. The van der Waals surface area contributed by atoms with E-state index in [-0.39, 0.29) is 41.8 Å². The van der Waals surface area contributed by atoms with Gasteiger partial charge in [-0.05, 0) is 26.2 Å². The summed E-state index contributed by atoms with van der Waals surface area (Å²) in [6.45, 7) is 0.627. The molecular weight excluding hydrogens is 354 g/mol. The number of hydrogen-bond acceptors (Lipinski definition) is 6. The molecular formula is C16H19F4N5O. The fourth-order valence-electron chi connectivity index (χ4n) is 2.90. The zero-order valence-electron chi connectivity index (χ0n) is 14.1. The molecule has 0 amide bonds. The second kappa shape index (κ2) is 7.26. The number of anilines is 1. The molecule has 1 heterocycles. The third-order valence-electron chi connectivity index (χ3n) is 4.29. The van der Waals surface area contributed by atoms with Gasteiger partial charge in [0.1, 0.15) is 18.6 Å². The van der Waals surface area contributed by atoms with E-state index in [1.165, 1.54) is 6.92 Å². The maximum atomic E-state index is 14.3. The van der Waals surface area contributed by atoms with E-state index >= 15 is 0 Å². The van der Waals surface area contributed by atoms with Crippen LogP contribution < -0.4 is 5.32 Å². The number of alkyl halides is 3. The number of aromatic nitrogens is 3. The van der Waals surface area contributed by atoms with Crippen molar-refractivity contribution in [1.82, 2.24) is 15.0 Å². The van der Waals surface area contributed by atoms with Crippen LogP contribution in [-0.4, -0.2) is 50.5 Å². The van der Waals surface area contributed by atoms with Crippen molar-refractivity contribution in [2.24, 2.45) is 4.99 Å². The Bertz CT molecular complexity index is 744. The van der Waals surface area contributed by atoms with Crippen molar-refractivity contribution in [3.05, 3.63) is 11.7 Å². The van der Waals surface area contributed by atoms with Gasteiger partial charge < -0.3 is 10.4 Å². The number of aliphatic imine (C=N–C) groups is 1. The summed E-state index contributed by atoms with van der Waals surface area (Å²) in [7, 11) is 0. The predicted molar refractivity (Wildman–Crippen MR) is 88.0 cm³/mol. The number of aliphatic hydroxyl groups is 1. The number of allylic oxidation sites excluding steroid dienone is 1. The molecule has 2 aliphatic rings. The highest BCUT2D eigenvalue weighted by molar-refractivity contribution is 5.84. The van der Waals surface area contributed by atoms with Crippen molar-refractivity contribution in [2.75, 3.05) is 12.0 Å². The first-order chi connectivity index (χ1) is 12.3. The molecule has 10 heteroatoms. The van der Waals surface area contributed by atoms with Crippen molar-refractivity contribution in [2.45, 2.75) is 57.1 Å². The highest BCUT2D eigenvalue weighted by atomic mass is 19.3. The van der Waals surface area contributed by atoms with Crippen LogP contribution in [0.4, 0.5) is 29.5 Å². The molecule has 6 nitrogen and oxygen atoms in total. The van der Waals surface area contributed by atoms with E-state index in [2.05, 4.69) is 25.3 Å². The molecule has 0 radical (unpaired) electrons. The smallest absolute Gasteiger partial charge is 0.254 e. The van der Waals surface area contributed by atoms with E-state index in [1.54, 1.807) is 0 Å². The average Bonchev–Trinajstić information content (AvgIpc) is 2.55. The minimum atomic E-state index is -2.72. The third-order valence-corrected chi connectivity index (χ3v) is 4.29. The molecule has 0 aromatic carbocycles. The molecule has 142 valence electrons. The minimum absolute atomic E-state index is 0.0266. The van der Waals surface area contributed by atoms with E-state index in [0.717, 1.165) is 0 Å². The molecule has 26 heavy (non-hydrogen) atoms. The Morgan fingerprint density at radius 1 is 1.31 bits per heavy atom. The van der Waals surface area contributed by atoms with Crippen LogP contribution in [0.25, 0.3) is 5.57 Å². The van der Waals surface area contributed by atoms with Crippen LogP contribution in [0.3, 0.4) is 0 Å². The summed E-state index contributed by atoms with van der Waals surface area (Å²) in [6.07, 6.45) is -0.766. The number of halogens is 4. The van der Waals surface area contributed by atoms with Crippen molar-refractivity contribution < 1.29 is 22.7 Å². The lowest BCUT2D eigenvalue weighted by molar-refractivity contribution is -0.0794. The Labute approximate surface area is 147 Å². The molecule has 1 fully saturated rings. The first-order valence-corrected chi connectivity index (χ1v) is 8.35. The number of nitrogens with one attached hydrogen (secondary N) is 1. The fraction of sp³-hybridized carbons (Fsp3) is 0.625. The number of nitrogens with zero attached hydrogens (tertiary/aromatic N) is 4. The topological polar surface area (TPSA) is 83.3 Å². The number of aliphatic hydroxyl groups excluding tert-OH is 1. The fourth-order valence-corrected chi connectivity index (χ4v) is 2.90. The normalized spacial score (nSPS) is 23.8. The van der Waals surface area contributed by atoms with Crippen molar-refractivity contribution in [3.63, 3.8) is 0 Å². The van der Waals surface area contributed by atoms with Crippen molar-refractivity contribution in [1.29, 1.82) is 0 Å². The van der Waals surface area contributed by atoms with Gasteiger partial charge in [0.25, 0.3) is 11.9 Å². The molecule has 2 aliphatic carbocycles. The quantitative estimate of drug-likeness (QED) is 0.611. The van der Waals surface area contributed by atoms with E-state index in [4.69, 9.17) is 0 Å². The Morgan fingerprint density at radius 2 is 2.04 bits per heavy atom. The van der Waals surface area contributed by atoms with Gasteiger partial charge in [-0.1, -0.05) is 0 Å². The van der Waals surface area contributed by atoms with Gasteiger partial charge in [-0.2, -0.15) is 15.0 Å². The molecule has 3 rings (SSSR count). The summed E-state index contributed by atoms with van der Waals surface area (Å²) in [4.78, 5) is 16.0. The Kier molecular flexibility index (Phi) is 5.22. The standard InChI is InChI=1S/C16H19F4N5O/c1-8(7-17)21-14-23-13(10-3-2-4-11(26)12(10)18)24-15(25-14)22-9-5-16(19,20)6-9/h9,11,26H,2-7H2,1H3,(H,22,23,24,25). The molecule has 0 bridgehead atoms. The van der Waals surface area contributed by atoms with Gasteiger partial charge in [0.05, 0.1) is 0 Å². The van der Waals surface area contributed by atoms with Crippen LogP contribution in [0.15, 0.2) is 10.8 Å². The van der Waals surface area contributed by atoms with Crippen LogP contribution in [-0.2, 0) is 0 Å². The molecule has 1 unspecified atom stereocenters. The average molecular weight is 373 g/mol. The lowest BCUT2D eigenvalue weighted by atomic mass is 9.88. The summed E-state index contributed by atoms with van der Waals surface area (Å²) in [5.41, 5.74) is 0.240. The first-order valence-electron chi connectivity index (χ1n) is 8.35. The summed E-state index contributed by atoms with van der Waals surface area (Å²) in [5, 5.41) is 12.5. The SMILES string of the molecule is CC(CF)=Nc1nc(NC2CC(F)(F)C2)nc(C2=C(F)C(O)CCC2)n1. The summed E-state index contributed by atoms with van der Waals surface area (Å²) < 4.78 is 53.0. The maximum Gasteiger partial charge on any atom is 0.254 e. The predicted octanol–water partition coefficient (Wildman–Crippen LogP) is 3.37. The van der Waals surface area contributed by atoms with Gasteiger partial charge in [-0.3, -0.25) is 0 Å². The van der Waals surface area contributed by atoms with Crippen LogP contribution in [0.2, 0.25) is 0 Å². The molecule has 0 spiro atoms. The molecule has 1 atom stereocenters. The Morgan fingerprint density at radius 3 is 2.69 bits per heavy atom. The Hall–Kier alpha value is -2.10. The highest BCUT2D eigenvalue weighted by Crippen LogP contribution is 2.39. The van der Waals surface area contributed by atoms with E-state index in [9.17, 15) is 22.7 Å². The van der Waals surface area contributed by atoms with Gasteiger partial charge in [0, 0.05) is 30.2 Å². The van der Waals surface area contributed by atoms with Crippen LogP contribution in [0.5, 0.6) is 0 Å². The van der Waals surface area contributed by atoms with E-state index in [1.807, 2.05) is 0 Å². The lowest BCUT2D eigenvalue weighted by Crippen LogP contribution is -2.44. The minimum Gasteiger partial charge on any atom is -0.386 e. The second-order valence-electron chi connectivity index (χ2n) is 6.60.